The molecule has 0 saturated heterocycles. The van der Waals surface area contributed by atoms with Gasteiger partial charge in [-0.15, -0.1) is 10.2 Å². The van der Waals surface area contributed by atoms with Crippen LogP contribution in [0.1, 0.15) is 28.9 Å². The highest BCUT2D eigenvalue weighted by Crippen LogP contribution is 2.24. The van der Waals surface area contributed by atoms with E-state index in [0.717, 1.165) is 11.3 Å². The van der Waals surface area contributed by atoms with Crippen LogP contribution in [0.2, 0.25) is 0 Å². The first-order valence-electron chi connectivity index (χ1n) is 8.60. The van der Waals surface area contributed by atoms with Gasteiger partial charge in [-0.1, -0.05) is 29.5 Å². The van der Waals surface area contributed by atoms with Crippen molar-refractivity contribution in [2.75, 3.05) is 10.6 Å². The van der Waals surface area contributed by atoms with Crippen LogP contribution in [0.5, 0.6) is 0 Å². The molecule has 0 fully saturated rings. The van der Waals surface area contributed by atoms with Gasteiger partial charge in [0.15, 0.2) is 0 Å². The molecule has 1 amide bonds. The largest absolute Gasteiger partial charge is 0.363 e. The summed E-state index contributed by atoms with van der Waals surface area (Å²) >= 11 is 1.26. The Morgan fingerprint density at radius 1 is 1.18 bits per heavy atom. The number of benzene rings is 1. The molecule has 3 heterocycles. The summed E-state index contributed by atoms with van der Waals surface area (Å²) in [4.78, 5) is 16.6. The molecule has 0 saturated carbocycles. The first-order chi connectivity index (χ1) is 13.7. The molecule has 140 valence electrons. The Labute approximate surface area is 165 Å². The van der Waals surface area contributed by atoms with Crippen LogP contribution in [0.15, 0.2) is 66.6 Å². The minimum atomic E-state index is -0.270. The minimum absolute atomic E-state index is 0.00558. The second-order valence-corrected chi connectivity index (χ2v) is 6.84. The lowest BCUT2D eigenvalue weighted by molar-refractivity contribution is 0.102. The van der Waals surface area contributed by atoms with Gasteiger partial charge in [-0.05, 0) is 36.8 Å². The predicted molar refractivity (Wildman–Crippen MR) is 108 cm³/mol. The highest BCUT2D eigenvalue weighted by molar-refractivity contribution is 7.13. The number of nitrogens with one attached hydrogen (secondary N) is 2. The van der Waals surface area contributed by atoms with Gasteiger partial charge in [0, 0.05) is 18.6 Å². The van der Waals surface area contributed by atoms with Crippen LogP contribution in [-0.4, -0.2) is 30.9 Å². The van der Waals surface area contributed by atoms with E-state index in [2.05, 4.69) is 43.9 Å². The number of hydrogen-bond acceptors (Lipinski definition) is 7. The van der Waals surface area contributed by atoms with Crippen LogP contribution in [0.3, 0.4) is 0 Å². The molecule has 1 unspecified atom stereocenters. The van der Waals surface area contributed by atoms with Crippen LogP contribution >= 0.6 is 11.3 Å². The summed E-state index contributed by atoms with van der Waals surface area (Å²) in [5.41, 5.74) is 4.10. The monoisotopic (exact) mass is 391 g/mol. The van der Waals surface area contributed by atoms with Crippen molar-refractivity contribution in [2.45, 2.75) is 13.0 Å². The number of aromatic nitrogens is 5. The number of carbonyl (C=O) groups excluding carboxylic acids is 1. The number of carbonyl (C=O) groups is 1. The molecule has 4 aromatic rings. The maximum atomic E-state index is 12.2. The lowest BCUT2D eigenvalue weighted by Gasteiger charge is -2.18. The van der Waals surface area contributed by atoms with Crippen molar-refractivity contribution < 1.29 is 4.79 Å². The fourth-order valence-corrected chi connectivity index (χ4v) is 3.22. The van der Waals surface area contributed by atoms with Crippen molar-refractivity contribution in [3.63, 3.8) is 0 Å². The minimum Gasteiger partial charge on any atom is -0.363 e. The van der Waals surface area contributed by atoms with Gasteiger partial charge < -0.3 is 5.32 Å². The topological polar surface area (TPSA) is 97.6 Å². The van der Waals surface area contributed by atoms with Crippen molar-refractivity contribution in [3.05, 3.63) is 77.7 Å². The molecule has 28 heavy (non-hydrogen) atoms. The number of rotatable bonds is 6. The fraction of sp³-hybridized carbons (Fsp3) is 0.105. The van der Waals surface area contributed by atoms with Gasteiger partial charge in [-0.2, -0.15) is 5.10 Å². The average Bonchev–Trinajstić information content (AvgIpc) is 3.43. The summed E-state index contributed by atoms with van der Waals surface area (Å²) in [7, 11) is 0. The molecule has 0 aliphatic heterocycles. The first-order valence-corrected chi connectivity index (χ1v) is 9.48. The second kappa shape index (κ2) is 7.97. The number of pyridine rings is 1. The Morgan fingerprint density at radius 3 is 2.79 bits per heavy atom. The second-order valence-electron chi connectivity index (χ2n) is 6.01. The third-order valence-corrected chi connectivity index (χ3v) is 4.73. The summed E-state index contributed by atoms with van der Waals surface area (Å²) in [6, 6.07) is 13.4. The van der Waals surface area contributed by atoms with Gasteiger partial charge in [0.05, 0.1) is 17.3 Å². The van der Waals surface area contributed by atoms with Crippen LogP contribution in [0.25, 0.3) is 5.69 Å². The zero-order valence-corrected chi connectivity index (χ0v) is 15.8. The Kier molecular flexibility index (Phi) is 5.07. The molecule has 9 heteroatoms. The molecule has 1 aromatic carbocycles. The summed E-state index contributed by atoms with van der Waals surface area (Å²) < 4.78 is 1.84. The quantitative estimate of drug-likeness (QED) is 0.522. The van der Waals surface area contributed by atoms with Gasteiger partial charge in [0.2, 0.25) is 5.13 Å². The third kappa shape index (κ3) is 3.89. The Morgan fingerprint density at radius 2 is 2.07 bits per heavy atom. The predicted octanol–water partition coefficient (Wildman–Crippen LogP) is 3.54. The Hall–Kier alpha value is -3.59. The lowest BCUT2D eigenvalue weighted by Crippen LogP contribution is -2.14. The van der Waals surface area contributed by atoms with Crippen LogP contribution < -0.4 is 10.6 Å². The molecule has 0 spiro atoms. The van der Waals surface area contributed by atoms with Crippen molar-refractivity contribution in [2.24, 2.45) is 0 Å². The molecule has 1 atom stereocenters. The standard InChI is InChI=1S/C19H17N7OS/c1-13(15-5-2-3-6-16(15)26-10-4-9-22-26)23-17-8-7-14(11-20-17)18(27)24-19-25-21-12-28-19/h2-13H,1H3,(H,20,23)(H,24,25,27). The molecule has 0 aliphatic carbocycles. The fourth-order valence-electron chi connectivity index (χ4n) is 2.78. The number of anilines is 2. The van der Waals surface area contributed by atoms with Gasteiger partial charge in [0.25, 0.3) is 5.91 Å². The number of nitrogens with zero attached hydrogens (tertiary/aromatic N) is 5. The van der Waals surface area contributed by atoms with E-state index in [1.54, 1.807) is 23.8 Å². The van der Waals surface area contributed by atoms with Crippen molar-refractivity contribution in [1.82, 2.24) is 25.0 Å². The Balaban J connectivity index is 1.47. The van der Waals surface area contributed by atoms with Crippen LogP contribution in [-0.2, 0) is 0 Å². The molecule has 8 nitrogen and oxygen atoms in total. The van der Waals surface area contributed by atoms with Crippen LogP contribution in [0, 0.1) is 0 Å². The normalized spacial score (nSPS) is 11.8. The SMILES string of the molecule is CC(Nc1ccc(C(=O)Nc2nncs2)cn1)c1ccccc1-n1cccn1. The van der Waals surface area contributed by atoms with Crippen molar-refractivity contribution in [3.8, 4) is 5.69 Å². The van der Waals surface area contributed by atoms with E-state index in [9.17, 15) is 4.79 Å². The molecular weight excluding hydrogens is 374 g/mol. The van der Waals surface area contributed by atoms with Gasteiger partial charge >= 0.3 is 0 Å². The van der Waals surface area contributed by atoms with Crippen molar-refractivity contribution >= 4 is 28.2 Å². The number of para-hydroxylation sites is 1. The summed E-state index contributed by atoms with van der Waals surface area (Å²) in [6.45, 7) is 2.06. The van der Waals surface area contributed by atoms with Crippen molar-refractivity contribution in [1.29, 1.82) is 0 Å². The van der Waals surface area contributed by atoms with E-state index in [4.69, 9.17) is 0 Å². The van der Waals surface area contributed by atoms with E-state index in [1.807, 2.05) is 35.1 Å². The number of hydrogen-bond donors (Lipinski definition) is 2. The average molecular weight is 391 g/mol. The first kappa shape index (κ1) is 17.8. The molecular formula is C19H17N7OS. The molecule has 0 radical (unpaired) electrons. The van der Waals surface area contributed by atoms with E-state index < -0.39 is 0 Å². The summed E-state index contributed by atoms with van der Waals surface area (Å²) in [5, 5.41) is 18.3. The Bertz CT molecular complexity index is 1050. The zero-order valence-electron chi connectivity index (χ0n) is 15.0. The van der Waals surface area contributed by atoms with Crippen LogP contribution in [0.4, 0.5) is 10.9 Å². The molecule has 0 bridgehead atoms. The van der Waals surface area contributed by atoms with E-state index in [0.29, 0.717) is 16.5 Å². The highest BCUT2D eigenvalue weighted by Gasteiger charge is 2.13. The molecule has 2 N–H and O–H groups in total. The summed E-state index contributed by atoms with van der Waals surface area (Å²) in [6.07, 6.45) is 5.20. The smallest absolute Gasteiger partial charge is 0.259 e. The molecule has 3 aromatic heterocycles. The third-order valence-electron chi connectivity index (χ3n) is 4.13. The lowest BCUT2D eigenvalue weighted by atomic mass is 10.1. The van der Waals surface area contributed by atoms with E-state index >= 15 is 0 Å². The highest BCUT2D eigenvalue weighted by atomic mass is 32.1. The zero-order chi connectivity index (χ0) is 19.3. The maximum absolute atomic E-state index is 12.2. The van der Waals surface area contributed by atoms with Gasteiger partial charge in [-0.3, -0.25) is 10.1 Å². The number of amides is 1. The van der Waals surface area contributed by atoms with Gasteiger partial charge in [-0.25, -0.2) is 9.67 Å². The molecule has 4 rings (SSSR count). The maximum Gasteiger partial charge on any atom is 0.259 e. The van der Waals surface area contributed by atoms with E-state index in [1.165, 1.54) is 17.5 Å². The van der Waals surface area contributed by atoms with Gasteiger partial charge in [0.1, 0.15) is 11.3 Å². The summed E-state index contributed by atoms with van der Waals surface area (Å²) in [5.74, 6) is 0.406. The van der Waals surface area contributed by atoms with E-state index in [-0.39, 0.29) is 11.9 Å². The molecule has 0 aliphatic rings.